The Morgan fingerprint density at radius 3 is 3.00 bits per heavy atom. The summed E-state index contributed by atoms with van der Waals surface area (Å²) in [6.07, 6.45) is 0. The molecule has 2 aliphatic rings. The summed E-state index contributed by atoms with van der Waals surface area (Å²) in [7, 11) is 0. The molecule has 0 saturated carbocycles. The van der Waals surface area contributed by atoms with Crippen LogP contribution in [0.5, 0.6) is 11.5 Å². The molecule has 21 heavy (non-hydrogen) atoms. The van der Waals surface area contributed by atoms with Crippen LogP contribution >= 0.6 is 23.4 Å². The normalized spacial score (nSPS) is 15.1. The first-order valence-corrected chi connectivity index (χ1v) is 7.83. The van der Waals surface area contributed by atoms with Crippen LogP contribution in [0.1, 0.15) is 11.3 Å². The molecule has 2 aliphatic heterocycles. The van der Waals surface area contributed by atoms with Gasteiger partial charge in [-0.25, -0.2) is 15.8 Å². The number of hydrogen-bond donors (Lipinski definition) is 2. The number of halogens is 1. The molecule has 1 aromatic carbocycles. The van der Waals surface area contributed by atoms with Crippen LogP contribution in [0.3, 0.4) is 0 Å². The van der Waals surface area contributed by atoms with E-state index in [0.29, 0.717) is 28.2 Å². The number of hydrazine groups is 1. The second-order valence-electron chi connectivity index (χ2n) is 4.65. The van der Waals surface area contributed by atoms with Crippen molar-refractivity contribution < 1.29 is 9.47 Å². The average Bonchev–Trinajstić information content (AvgIpc) is 3.14. The molecular weight excluding hydrogens is 312 g/mol. The zero-order chi connectivity index (χ0) is 14.4. The Hall–Kier alpha value is -1.70. The summed E-state index contributed by atoms with van der Waals surface area (Å²) >= 11 is 8.00. The Bertz CT molecular complexity index is 741. The Kier molecular flexibility index (Phi) is 3.06. The van der Waals surface area contributed by atoms with Gasteiger partial charge in [-0.05, 0) is 12.1 Å². The predicted octanol–water partition coefficient (Wildman–Crippen LogP) is 2.56. The van der Waals surface area contributed by atoms with Gasteiger partial charge in [0.15, 0.2) is 17.3 Å². The Balaban J connectivity index is 1.86. The number of anilines is 1. The first-order chi connectivity index (χ1) is 10.3. The molecule has 4 rings (SSSR count). The predicted molar refractivity (Wildman–Crippen MR) is 81.4 cm³/mol. The van der Waals surface area contributed by atoms with E-state index < -0.39 is 0 Å². The smallest absolute Gasteiger partial charge is 0.231 e. The molecule has 0 fully saturated rings. The maximum atomic E-state index is 6.21. The molecule has 3 N–H and O–H groups in total. The monoisotopic (exact) mass is 322 g/mol. The lowest BCUT2D eigenvalue weighted by Gasteiger charge is -2.10. The highest BCUT2D eigenvalue weighted by Crippen LogP contribution is 2.42. The minimum atomic E-state index is 0.176. The van der Waals surface area contributed by atoms with E-state index in [2.05, 4.69) is 15.4 Å². The largest absolute Gasteiger partial charge is 0.454 e. The van der Waals surface area contributed by atoms with Crippen LogP contribution < -0.4 is 20.7 Å². The molecule has 0 amide bonds. The molecule has 108 valence electrons. The van der Waals surface area contributed by atoms with Gasteiger partial charge in [0.05, 0.1) is 10.7 Å². The van der Waals surface area contributed by atoms with Gasteiger partial charge in [0.2, 0.25) is 6.79 Å². The highest BCUT2D eigenvalue weighted by atomic mass is 35.5. The number of nitrogens with zero attached hydrogens (tertiary/aromatic N) is 2. The summed E-state index contributed by atoms with van der Waals surface area (Å²) in [6.45, 7) is 0.176. The van der Waals surface area contributed by atoms with E-state index in [1.54, 1.807) is 17.8 Å². The summed E-state index contributed by atoms with van der Waals surface area (Å²) in [6, 6.07) is 3.61. The van der Waals surface area contributed by atoms with Crippen LogP contribution in [0.25, 0.3) is 11.4 Å². The number of rotatable bonds is 2. The van der Waals surface area contributed by atoms with Gasteiger partial charge in [-0.1, -0.05) is 11.6 Å². The molecule has 1 aromatic heterocycles. The number of nitrogens with two attached hydrogens (primary N) is 1. The van der Waals surface area contributed by atoms with E-state index in [9.17, 15) is 0 Å². The lowest BCUT2D eigenvalue weighted by molar-refractivity contribution is 0.174. The van der Waals surface area contributed by atoms with Crippen molar-refractivity contribution >= 4 is 29.2 Å². The number of ether oxygens (including phenoxy) is 2. The van der Waals surface area contributed by atoms with Crippen molar-refractivity contribution in [3.05, 3.63) is 28.4 Å². The maximum Gasteiger partial charge on any atom is 0.231 e. The number of hydrogen-bond acceptors (Lipinski definition) is 7. The zero-order valence-corrected chi connectivity index (χ0v) is 12.4. The van der Waals surface area contributed by atoms with Gasteiger partial charge >= 0.3 is 0 Å². The first-order valence-electron chi connectivity index (χ1n) is 6.30. The summed E-state index contributed by atoms with van der Waals surface area (Å²) in [5, 5.41) is 0.487. The minimum Gasteiger partial charge on any atom is -0.454 e. The molecule has 3 heterocycles. The lowest BCUT2D eigenvalue weighted by atomic mass is 10.1. The molecular formula is C13H11ClN4O2S. The van der Waals surface area contributed by atoms with Crippen LogP contribution in [-0.4, -0.2) is 16.8 Å². The number of nitrogen functional groups attached to an aromatic ring is 1. The van der Waals surface area contributed by atoms with Crippen LogP contribution in [-0.2, 0) is 11.5 Å². The van der Waals surface area contributed by atoms with Crippen LogP contribution in [0, 0.1) is 0 Å². The highest BCUT2D eigenvalue weighted by Gasteiger charge is 2.23. The Morgan fingerprint density at radius 2 is 2.14 bits per heavy atom. The quantitative estimate of drug-likeness (QED) is 0.649. The fourth-order valence-electron chi connectivity index (χ4n) is 2.40. The number of benzene rings is 1. The van der Waals surface area contributed by atoms with Crippen molar-refractivity contribution in [2.24, 2.45) is 5.84 Å². The molecule has 0 radical (unpaired) electrons. The SMILES string of the molecule is NNc1nc(-c2cc(Cl)c3c(c2)OCO3)nc2c1CSC2. The third-order valence-electron chi connectivity index (χ3n) is 3.40. The molecule has 0 bridgehead atoms. The van der Waals surface area contributed by atoms with Gasteiger partial charge in [0.25, 0.3) is 0 Å². The van der Waals surface area contributed by atoms with E-state index in [-0.39, 0.29) is 6.79 Å². The fraction of sp³-hybridized carbons (Fsp3) is 0.231. The third-order valence-corrected chi connectivity index (χ3v) is 4.65. The number of nitrogens with one attached hydrogen (secondary N) is 1. The standard InChI is InChI=1S/C13H11ClN4O2S/c14-8-1-6(2-10-11(8)20-5-19-10)12-16-9-4-21-3-7(9)13(17-12)18-15/h1-2H,3-5,15H2,(H,16,17,18). The first kappa shape index (κ1) is 13.0. The minimum absolute atomic E-state index is 0.176. The van der Waals surface area contributed by atoms with E-state index in [1.807, 2.05) is 6.07 Å². The third kappa shape index (κ3) is 2.08. The average molecular weight is 323 g/mol. The van der Waals surface area contributed by atoms with Crippen molar-refractivity contribution in [1.82, 2.24) is 9.97 Å². The molecule has 0 atom stereocenters. The zero-order valence-electron chi connectivity index (χ0n) is 10.9. The molecule has 8 heteroatoms. The second-order valence-corrected chi connectivity index (χ2v) is 6.04. The topological polar surface area (TPSA) is 82.3 Å². The van der Waals surface area contributed by atoms with Crippen LogP contribution in [0.15, 0.2) is 12.1 Å². The number of thioether (sulfide) groups is 1. The van der Waals surface area contributed by atoms with Crippen molar-refractivity contribution in [2.75, 3.05) is 12.2 Å². The lowest BCUT2D eigenvalue weighted by Crippen LogP contribution is -2.12. The summed E-state index contributed by atoms with van der Waals surface area (Å²) in [5.74, 6) is 9.71. The molecule has 0 aliphatic carbocycles. The van der Waals surface area contributed by atoms with E-state index in [0.717, 1.165) is 28.3 Å². The fourth-order valence-corrected chi connectivity index (χ4v) is 3.70. The van der Waals surface area contributed by atoms with Crippen LogP contribution in [0.2, 0.25) is 5.02 Å². The summed E-state index contributed by atoms with van der Waals surface area (Å²) < 4.78 is 10.7. The Morgan fingerprint density at radius 1 is 1.24 bits per heavy atom. The number of aromatic nitrogens is 2. The van der Waals surface area contributed by atoms with Gasteiger partial charge in [-0.2, -0.15) is 11.8 Å². The summed E-state index contributed by atoms with van der Waals surface area (Å²) in [5.41, 5.74) is 5.50. The van der Waals surface area contributed by atoms with Crippen molar-refractivity contribution in [3.8, 4) is 22.9 Å². The van der Waals surface area contributed by atoms with E-state index in [4.69, 9.17) is 26.9 Å². The van der Waals surface area contributed by atoms with E-state index >= 15 is 0 Å². The molecule has 0 spiro atoms. The van der Waals surface area contributed by atoms with Crippen molar-refractivity contribution in [2.45, 2.75) is 11.5 Å². The summed E-state index contributed by atoms with van der Waals surface area (Å²) in [4.78, 5) is 9.10. The van der Waals surface area contributed by atoms with Gasteiger partial charge in [0.1, 0.15) is 5.82 Å². The number of fused-ring (bicyclic) bond motifs is 2. The van der Waals surface area contributed by atoms with Gasteiger partial charge in [-0.15, -0.1) is 0 Å². The van der Waals surface area contributed by atoms with E-state index in [1.165, 1.54) is 0 Å². The highest BCUT2D eigenvalue weighted by molar-refractivity contribution is 7.98. The Labute approximate surface area is 130 Å². The second kappa shape index (κ2) is 4.94. The molecule has 2 aromatic rings. The molecule has 0 unspecified atom stereocenters. The molecule has 6 nitrogen and oxygen atoms in total. The van der Waals surface area contributed by atoms with Crippen molar-refractivity contribution in [1.29, 1.82) is 0 Å². The van der Waals surface area contributed by atoms with Crippen LogP contribution in [0.4, 0.5) is 5.82 Å². The van der Waals surface area contributed by atoms with Gasteiger partial charge in [-0.3, -0.25) is 0 Å². The molecule has 0 saturated heterocycles. The van der Waals surface area contributed by atoms with Gasteiger partial charge in [0, 0.05) is 22.6 Å². The maximum absolute atomic E-state index is 6.21. The van der Waals surface area contributed by atoms with Crippen molar-refractivity contribution in [3.63, 3.8) is 0 Å². The van der Waals surface area contributed by atoms with Gasteiger partial charge < -0.3 is 14.9 Å².